The molecule has 0 radical (unpaired) electrons. The minimum atomic E-state index is -0.0184. The van der Waals surface area contributed by atoms with Crippen molar-refractivity contribution in [2.24, 2.45) is 5.73 Å². The van der Waals surface area contributed by atoms with E-state index in [2.05, 4.69) is 15.5 Å². The Hall–Kier alpha value is -2.14. The monoisotopic (exact) mass is 244 g/mol. The van der Waals surface area contributed by atoms with Crippen molar-refractivity contribution in [1.29, 1.82) is 0 Å². The molecule has 1 amide bonds. The summed E-state index contributed by atoms with van der Waals surface area (Å²) in [7, 11) is 0. The van der Waals surface area contributed by atoms with Gasteiger partial charge in [-0.15, -0.1) is 0 Å². The number of hydrogen-bond acceptors (Lipinski definition) is 3. The smallest absolute Gasteiger partial charge is 0.221 e. The van der Waals surface area contributed by atoms with Gasteiger partial charge in [0.2, 0.25) is 5.91 Å². The molecule has 1 aromatic carbocycles. The third-order valence-electron chi connectivity index (χ3n) is 2.63. The SMILES string of the molecule is NCCC(=O)NCc1ccc(-c2ccn[nH]2)cc1. The first kappa shape index (κ1) is 12.3. The largest absolute Gasteiger partial charge is 0.352 e. The van der Waals surface area contributed by atoms with Crippen LogP contribution in [0.1, 0.15) is 12.0 Å². The number of hydrogen-bond donors (Lipinski definition) is 3. The first-order valence-electron chi connectivity index (χ1n) is 5.85. The van der Waals surface area contributed by atoms with Crippen LogP contribution in [0.5, 0.6) is 0 Å². The molecule has 1 aromatic heterocycles. The zero-order valence-corrected chi connectivity index (χ0v) is 10.0. The van der Waals surface area contributed by atoms with Crippen LogP contribution in [0.3, 0.4) is 0 Å². The summed E-state index contributed by atoms with van der Waals surface area (Å²) in [5.41, 5.74) is 8.42. The number of nitrogens with two attached hydrogens (primary N) is 1. The molecule has 0 spiro atoms. The molecular formula is C13H16N4O. The molecule has 1 heterocycles. The number of rotatable bonds is 5. The Morgan fingerprint density at radius 2 is 2.06 bits per heavy atom. The lowest BCUT2D eigenvalue weighted by molar-refractivity contribution is -0.121. The van der Waals surface area contributed by atoms with Crippen molar-refractivity contribution >= 4 is 5.91 Å². The van der Waals surface area contributed by atoms with E-state index in [0.717, 1.165) is 16.8 Å². The van der Waals surface area contributed by atoms with Gasteiger partial charge in [-0.05, 0) is 17.2 Å². The molecule has 0 fully saturated rings. The Balaban J connectivity index is 1.94. The Morgan fingerprint density at radius 1 is 1.28 bits per heavy atom. The Morgan fingerprint density at radius 3 is 2.67 bits per heavy atom. The number of aromatic amines is 1. The summed E-state index contributed by atoms with van der Waals surface area (Å²) in [4.78, 5) is 11.3. The molecule has 0 aliphatic rings. The number of nitrogens with one attached hydrogen (secondary N) is 2. The second-order valence-corrected chi connectivity index (χ2v) is 3.98. The first-order valence-corrected chi connectivity index (χ1v) is 5.85. The van der Waals surface area contributed by atoms with E-state index in [4.69, 9.17) is 5.73 Å². The summed E-state index contributed by atoms with van der Waals surface area (Å²) in [5, 5.41) is 9.63. The second kappa shape index (κ2) is 5.97. The Bertz CT molecular complexity index is 490. The Labute approximate surface area is 105 Å². The molecule has 2 aromatic rings. The fourth-order valence-corrected chi connectivity index (χ4v) is 1.64. The van der Waals surface area contributed by atoms with Crippen molar-refractivity contribution in [3.63, 3.8) is 0 Å². The van der Waals surface area contributed by atoms with Crippen molar-refractivity contribution in [2.75, 3.05) is 6.54 Å². The van der Waals surface area contributed by atoms with Crippen LogP contribution < -0.4 is 11.1 Å². The van der Waals surface area contributed by atoms with Gasteiger partial charge in [-0.3, -0.25) is 9.89 Å². The fourth-order valence-electron chi connectivity index (χ4n) is 1.64. The second-order valence-electron chi connectivity index (χ2n) is 3.98. The molecule has 4 N–H and O–H groups in total. The average Bonchev–Trinajstić information content (AvgIpc) is 2.91. The predicted octanol–water partition coefficient (Wildman–Crippen LogP) is 1.04. The number of carbonyl (C=O) groups is 1. The summed E-state index contributed by atoms with van der Waals surface area (Å²) < 4.78 is 0. The lowest BCUT2D eigenvalue weighted by Gasteiger charge is -2.05. The van der Waals surface area contributed by atoms with Crippen LogP contribution in [0.25, 0.3) is 11.3 Å². The van der Waals surface area contributed by atoms with Gasteiger partial charge in [-0.2, -0.15) is 5.10 Å². The quantitative estimate of drug-likeness (QED) is 0.734. The maximum absolute atomic E-state index is 11.3. The maximum Gasteiger partial charge on any atom is 0.221 e. The summed E-state index contributed by atoms with van der Waals surface area (Å²) >= 11 is 0. The van der Waals surface area contributed by atoms with Gasteiger partial charge in [0.25, 0.3) is 0 Å². The van der Waals surface area contributed by atoms with Gasteiger partial charge in [0, 0.05) is 25.7 Å². The molecule has 5 heteroatoms. The molecule has 5 nitrogen and oxygen atoms in total. The zero-order chi connectivity index (χ0) is 12.8. The van der Waals surface area contributed by atoms with Crippen LogP contribution in [0.2, 0.25) is 0 Å². The van der Waals surface area contributed by atoms with Crippen molar-refractivity contribution in [3.05, 3.63) is 42.1 Å². The highest BCUT2D eigenvalue weighted by Crippen LogP contribution is 2.16. The molecule has 0 aliphatic heterocycles. The van der Waals surface area contributed by atoms with Crippen LogP contribution in [-0.4, -0.2) is 22.6 Å². The van der Waals surface area contributed by atoms with E-state index in [1.165, 1.54) is 0 Å². The van der Waals surface area contributed by atoms with Crippen LogP contribution in [0, 0.1) is 0 Å². The average molecular weight is 244 g/mol. The predicted molar refractivity (Wildman–Crippen MR) is 69.5 cm³/mol. The number of nitrogens with zero attached hydrogens (tertiary/aromatic N) is 1. The molecule has 0 saturated heterocycles. The number of amides is 1. The van der Waals surface area contributed by atoms with Crippen LogP contribution in [-0.2, 0) is 11.3 Å². The Kier molecular flexibility index (Phi) is 4.09. The van der Waals surface area contributed by atoms with Crippen molar-refractivity contribution < 1.29 is 4.79 Å². The third-order valence-corrected chi connectivity index (χ3v) is 2.63. The van der Waals surface area contributed by atoms with Gasteiger partial charge in [-0.25, -0.2) is 0 Å². The molecule has 0 unspecified atom stereocenters. The third kappa shape index (κ3) is 3.18. The number of aromatic nitrogens is 2. The van der Waals surface area contributed by atoms with E-state index < -0.39 is 0 Å². The summed E-state index contributed by atoms with van der Waals surface area (Å²) in [6, 6.07) is 9.88. The summed E-state index contributed by atoms with van der Waals surface area (Å²) in [5.74, 6) is -0.0184. The molecule has 0 saturated carbocycles. The topological polar surface area (TPSA) is 83.8 Å². The van der Waals surface area contributed by atoms with Crippen molar-refractivity contribution in [2.45, 2.75) is 13.0 Å². The molecule has 18 heavy (non-hydrogen) atoms. The van der Waals surface area contributed by atoms with Crippen LogP contribution >= 0.6 is 0 Å². The number of benzene rings is 1. The lowest BCUT2D eigenvalue weighted by Crippen LogP contribution is -2.24. The molecule has 94 valence electrons. The highest BCUT2D eigenvalue weighted by atomic mass is 16.1. The minimum absolute atomic E-state index is 0.0184. The van der Waals surface area contributed by atoms with Gasteiger partial charge in [-0.1, -0.05) is 24.3 Å². The van der Waals surface area contributed by atoms with E-state index in [1.54, 1.807) is 6.20 Å². The van der Waals surface area contributed by atoms with Gasteiger partial charge < -0.3 is 11.1 Å². The highest BCUT2D eigenvalue weighted by Gasteiger charge is 2.01. The number of carbonyl (C=O) groups excluding carboxylic acids is 1. The summed E-state index contributed by atoms with van der Waals surface area (Å²) in [6.07, 6.45) is 2.09. The number of H-pyrrole nitrogens is 1. The van der Waals surface area contributed by atoms with E-state index in [-0.39, 0.29) is 5.91 Å². The molecule has 0 atom stereocenters. The van der Waals surface area contributed by atoms with Gasteiger partial charge in [0.05, 0.1) is 5.69 Å². The van der Waals surface area contributed by atoms with Gasteiger partial charge in [0.15, 0.2) is 0 Å². The van der Waals surface area contributed by atoms with E-state index >= 15 is 0 Å². The van der Waals surface area contributed by atoms with E-state index in [0.29, 0.717) is 19.5 Å². The summed E-state index contributed by atoms with van der Waals surface area (Å²) in [6.45, 7) is 0.909. The molecule has 0 bridgehead atoms. The zero-order valence-electron chi connectivity index (χ0n) is 10.0. The first-order chi connectivity index (χ1) is 8.79. The van der Waals surface area contributed by atoms with Gasteiger partial charge >= 0.3 is 0 Å². The normalized spacial score (nSPS) is 10.3. The van der Waals surface area contributed by atoms with Crippen molar-refractivity contribution in [1.82, 2.24) is 15.5 Å². The maximum atomic E-state index is 11.3. The van der Waals surface area contributed by atoms with Crippen LogP contribution in [0.15, 0.2) is 36.5 Å². The van der Waals surface area contributed by atoms with Crippen molar-refractivity contribution in [3.8, 4) is 11.3 Å². The fraction of sp³-hybridized carbons (Fsp3) is 0.231. The molecule has 0 aliphatic carbocycles. The minimum Gasteiger partial charge on any atom is -0.352 e. The molecule has 2 rings (SSSR count). The lowest BCUT2D eigenvalue weighted by atomic mass is 10.1. The molecular weight excluding hydrogens is 228 g/mol. The highest BCUT2D eigenvalue weighted by molar-refractivity contribution is 5.76. The van der Waals surface area contributed by atoms with E-state index in [1.807, 2.05) is 30.3 Å². The van der Waals surface area contributed by atoms with Gasteiger partial charge in [0.1, 0.15) is 0 Å². The standard InChI is InChI=1S/C13H16N4O/c14-7-5-13(18)15-9-10-1-3-11(4-2-10)12-6-8-16-17-12/h1-4,6,8H,5,7,9,14H2,(H,15,18)(H,16,17). The van der Waals surface area contributed by atoms with E-state index in [9.17, 15) is 4.79 Å². The van der Waals surface area contributed by atoms with Crippen LogP contribution in [0.4, 0.5) is 0 Å².